The fraction of sp³-hybridized carbons (Fsp3) is 0.588. The highest BCUT2D eigenvalue weighted by Crippen LogP contribution is 2.23. The average molecular weight is 327 g/mol. The molecule has 0 spiro atoms. The predicted octanol–water partition coefficient (Wildman–Crippen LogP) is 2.75. The standard InChI is InChI=1S/C17H26N2O2.ClH/c1-12-10-13(2)14(3)16(11-12)21-9-6-17(20)19-7-4-15(18)5-8-19;/h10-11,15H,4-9,18H2,1-3H3;1H. The molecule has 2 rings (SSSR count). The summed E-state index contributed by atoms with van der Waals surface area (Å²) < 4.78 is 5.81. The second kappa shape index (κ2) is 8.39. The number of likely N-dealkylation sites (tertiary alicyclic amines) is 1. The highest BCUT2D eigenvalue weighted by Gasteiger charge is 2.20. The Morgan fingerprint density at radius 1 is 1.27 bits per heavy atom. The van der Waals surface area contributed by atoms with Crippen molar-refractivity contribution in [3.8, 4) is 5.75 Å². The van der Waals surface area contributed by atoms with E-state index in [2.05, 4.69) is 26.8 Å². The fourth-order valence-corrected chi connectivity index (χ4v) is 2.71. The summed E-state index contributed by atoms with van der Waals surface area (Å²) in [6.07, 6.45) is 2.24. The van der Waals surface area contributed by atoms with Crippen LogP contribution in [-0.2, 0) is 4.79 Å². The number of rotatable bonds is 4. The van der Waals surface area contributed by atoms with Gasteiger partial charge in [0.1, 0.15) is 5.75 Å². The van der Waals surface area contributed by atoms with Gasteiger partial charge in [0.15, 0.2) is 0 Å². The minimum atomic E-state index is 0. The number of hydrogen-bond acceptors (Lipinski definition) is 3. The zero-order chi connectivity index (χ0) is 15.4. The van der Waals surface area contributed by atoms with Crippen LogP contribution < -0.4 is 10.5 Å². The van der Waals surface area contributed by atoms with Crippen LogP contribution in [0.2, 0.25) is 0 Å². The smallest absolute Gasteiger partial charge is 0.225 e. The first-order valence-electron chi connectivity index (χ1n) is 7.71. The Bertz CT molecular complexity index is 512. The largest absolute Gasteiger partial charge is 0.493 e. The van der Waals surface area contributed by atoms with Crippen LogP contribution in [0.5, 0.6) is 5.75 Å². The minimum Gasteiger partial charge on any atom is -0.493 e. The number of piperidine rings is 1. The van der Waals surface area contributed by atoms with E-state index in [1.807, 2.05) is 11.0 Å². The number of hydrogen-bond donors (Lipinski definition) is 1. The second-order valence-corrected chi connectivity index (χ2v) is 6.02. The molecule has 0 saturated carbocycles. The number of nitrogens with zero attached hydrogens (tertiary/aromatic N) is 1. The van der Waals surface area contributed by atoms with Crippen molar-refractivity contribution in [2.45, 2.75) is 46.1 Å². The zero-order valence-electron chi connectivity index (χ0n) is 13.7. The molecule has 0 atom stereocenters. The van der Waals surface area contributed by atoms with Crippen molar-refractivity contribution in [3.05, 3.63) is 28.8 Å². The van der Waals surface area contributed by atoms with Crippen molar-refractivity contribution >= 4 is 18.3 Å². The van der Waals surface area contributed by atoms with Gasteiger partial charge in [-0.15, -0.1) is 12.4 Å². The quantitative estimate of drug-likeness (QED) is 0.925. The lowest BCUT2D eigenvalue weighted by Crippen LogP contribution is -2.43. The first-order chi connectivity index (χ1) is 9.97. The van der Waals surface area contributed by atoms with Crippen LogP contribution in [0.4, 0.5) is 0 Å². The fourth-order valence-electron chi connectivity index (χ4n) is 2.71. The van der Waals surface area contributed by atoms with Crippen molar-refractivity contribution in [3.63, 3.8) is 0 Å². The molecule has 0 aromatic heterocycles. The molecule has 1 aliphatic heterocycles. The SMILES string of the molecule is Cc1cc(C)c(C)c(OCCC(=O)N2CCC(N)CC2)c1.Cl. The summed E-state index contributed by atoms with van der Waals surface area (Å²) in [7, 11) is 0. The van der Waals surface area contributed by atoms with Gasteiger partial charge in [0.2, 0.25) is 5.91 Å². The summed E-state index contributed by atoms with van der Waals surface area (Å²) in [5, 5.41) is 0. The lowest BCUT2D eigenvalue weighted by atomic mass is 10.1. The van der Waals surface area contributed by atoms with Crippen LogP contribution in [0.1, 0.15) is 36.0 Å². The number of aryl methyl sites for hydroxylation is 2. The van der Waals surface area contributed by atoms with Crippen molar-refractivity contribution in [1.82, 2.24) is 4.90 Å². The van der Waals surface area contributed by atoms with Crippen LogP contribution in [0, 0.1) is 20.8 Å². The van der Waals surface area contributed by atoms with E-state index in [1.54, 1.807) is 0 Å². The van der Waals surface area contributed by atoms with E-state index in [0.29, 0.717) is 13.0 Å². The summed E-state index contributed by atoms with van der Waals surface area (Å²) in [6.45, 7) is 8.19. The molecule has 1 fully saturated rings. The van der Waals surface area contributed by atoms with E-state index >= 15 is 0 Å². The molecule has 1 aromatic rings. The van der Waals surface area contributed by atoms with E-state index in [0.717, 1.165) is 37.2 Å². The Morgan fingerprint density at radius 2 is 1.91 bits per heavy atom. The molecule has 1 saturated heterocycles. The van der Waals surface area contributed by atoms with Gasteiger partial charge in [-0.05, 0) is 56.4 Å². The summed E-state index contributed by atoms with van der Waals surface area (Å²) in [5.41, 5.74) is 9.41. The van der Waals surface area contributed by atoms with Gasteiger partial charge < -0.3 is 15.4 Å². The van der Waals surface area contributed by atoms with Gasteiger partial charge in [-0.25, -0.2) is 0 Å². The summed E-state index contributed by atoms with van der Waals surface area (Å²) in [5.74, 6) is 1.06. The average Bonchev–Trinajstić information content (AvgIpc) is 2.44. The van der Waals surface area contributed by atoms with Gasteiger partial charge in [-0.1, -0.05) is 6.07 Å². The third-order valence-electron chi connectivity index (χ3n) is 4.23. The highest BCUT2D eigenvalue weighted by atomic mass is 35.5. The molecule has 1 heterocycles. The van der Waals surface area contributed by atoms with E-state index < -0.39 is 0 Å². The Hall–Kier alpha value is -1.26. The van der Waals surface area contributed by atoms with Crippen LogP contribution in [0.15, 0.2) is 12.1 Å². The molecule has 124 valence electrons. The van der Waals surface area contributed by atoms with Gasteiger partial charge in [0.25, 0.3) is 0 Å². The Kier molecular flexibility index (Phi) is 7.17. The second-order valence-electron chi connectivity index (χ2n) is 6.02. The first kappa shape index (κ1) is 18.8. The minimum absolute atomic E-state index is 0. The van der Waals surface area contributed by atoms with E-state index in [1.165, 1.54) is 11.1 Å². The van der Waals surface area contributed by atoms with Gasteiger partial charge in [0.05, 0.1) is 13.0 Å². The maximum atomic E-state index is 12.1. The molecular formula is C17H27ClN2O2. The van der Waals surface area contributed by atoms with Crippen molar-refractivity contribution in [2.75, 3.05) is 19.7 Å². The number of nitrogens with two attached hydrogens (primary N) is 1. The maximum absolute atomic E-state index is 12.1. The van der Waals surface area contributed by atoms with Crippen LogP contribution >= 0.6 is 12.4 Å². The molecule has 1 aromatic carbocycles. The lowest BCUT2D eigenvalue weighted by molar-refractivity contribution is -0.132. The number of benzene rings is 1. The van der Waals surface area contributed by atoms with Gasteiger partial charge in [-0.3, -0.25) is 4.79 Å². The van der Waals surface area contributed by atoms with Crippen LogP contribution in [0.3, 0.4) is 0 Å². The third-order valence-corrected chi connectivity index (χ3v) is 4.23. The summed E-state index contributed by atoms with van der Waals surface area (Å²) in [4.78, 5) is 14.0. The van der Waals surface area contributed by atoms with Crippen molar-refractivity contribution in [1.29, 1.82) is 0 Å². The summed E-state index contributed by atoms with van der Waals surface area (Å²) in [6, 6.07) is 4.43. The summed E-state index contributed by atoms with van der Waals surface area (Å²) >= 11 is 0. The van der Waals surface area contributed by atoms with E-state index in [9.17, 15) is 4.79 Å². The van der Waals surface area contributed by atoms with Gasteiger partial charge >= 0.3 is 0 Å². The molecule has 4 nitrogen and oxygen atoms in total. The van der Waals surface area contributed by atoms with Gasteiger partial charge in [-0.2, -0.15) is 0 Å². The first-order valence-corrected chi connectivity index (χ1v) is 7.71. The van der Waals surface area contributed by atoms with Crippen LogP contribution in [-0.4, -0.2) is 36.5 Å². The van der Waals surface area contributed by atoms with Crippen molar-refractivity contribution < 1.29 is 9.53 Å². The normalized spacial score (nSPS) is 15.4. The molecule has 1 amide bonds. The Labute approximate surface area is 139 Å². The predicted molar refractivity (Wildman–Crippen MR) is 91.8 cm³/mol. The molecule has 0 radical (unpaired) electrons. The van der Waals surface area contributed by atoms with Crippen molar-refractivity contribution in [2.24, 2.45) is 5.73 Å². The molecule has 0 aliphatic carbocycles. The number of ether oxygens (including phenoxy) is 1. The zero-order valence-corrected chi connectivity index (χ0v) is 14.5. The topological polar surface area (TPSA) is 55.6 Å². The molecule has 0 unspecified atom stereocenters. The van der Waals surface area contributed by atoms with Gasteiger partial charge in [0, 0.05) is 19.1 Å². The number of amides is 1. The monoisotopic (exact) mass is 326 g/mol. The Morgan fingerprint density at radius 3 is 2.55 bits per heavy atom. The number of halogens is 1. The molecule has 1 aliphatic rings. The van der Waals surface area contributed by atoms with Crippen LogP contribution in [0.25, 0.3) is 0 Å². The Balaban J connectivity index is 0.00000242. The molecule has 2 N–H and O–H groups in total. The van der Waals surface area contributed by atoms with E-state index in [-0.39, 0.29) is 24.4 Å². The maximum Gasteiger partial charge on any atom is 0.225 e. The number of carbonyl (C=O) groups excluding carboxylic acids is 1. The molecule has 5 heteroatoms. The third kappa shape index (κ3) is 4.89. The lowest BCUT2D eigenvalue weighted by Gasteiger charge is -2.30. The molecule has 0 bridgehead atoms. The van der Waals surface area contributed by atoms with E-state index in [4.69, 9.17) is 10.5 Å². The highest BCUT2D eigenvalue weighted by molar-refractivity contribution is 5.85. The molecular weight excluding hydrogens is 300 g/mol. The number of carbonyl (C=O) groups is 1. The molecule has 22 heavy (non-hydrogen) atoms.